The van der Waals surface area contributed by atoms with Crippen LogP contribution >= 0.6 is 0 Å². The number of imidazole rings is 1. The summed E-state index contributed by atoms with van der Waals surface area (Å²) in [6.45, 7) is 8.18. The number of nitrogens with zero attached hydrogens (tertiary/aromatic N) is 3. The first-order valence-electron chi connectivity index (χ1n) is 12.1. The first-order valence-corrected chi connectivity index (χ1v) is 12.1. The highest BCUT2D eigenvalue weighted by atomic mass is 16.5. The van der Waals surface area contributed by atoms with Crippen molar-refractivity contribution in [2.75, 3.05) is 25.0 Å². The van der Waals surface area contributed by atoms with E-state index in [1.165, 1.54) is 4.90 Å². The van der Waals surface area contributed by atoms with E-state index < -0.39 is 0 Å². The fourth-order valence-corrected chi connectivity index (χ4v) is 4.00. The monoisotopic (exact) mass is 494 g/mol. The third-order valence-electron chi connectivity index (χ3n) is 5.78. The van der Waals surface area contributed by atoms with E-state index in [0.717, 1.165) is 16.8 Å². The number of hydrogen-bond acceptors (Lipinski definition) is 4. The molecule has 1 N–H and O–H groups in total. The maximum atomic E-state index is 13.2. The van der Waals surface area contributed by atoms with Crippen LogP contribution in [0.25, 0.3) is 16.9 Å². The number of aryl methyl sites for hydroxylation is 1. The quantitative estimate of drug-likeness (QED) is 0.295. The zero-order valence-electron chi connectivity index (χ0n) is 21.1. The molecule has 1 heterocycles. The van der Waals surface area contributed by atoms with Crippen molar-refractivity contribution >= 4 is 17.8 Å². The summed E-state index contributed by atoms with van der Waals surface area (Å²) in [6.07, 6.45) is 3.48. The third-order valence-corrected chi connectivity index (χ3v) is 5.78. The fraction of sp³-hybridized carbons (Fsp3) is 0.167. The number of hydrogen-bond donors (Lipinski definition) is 1. The minimum atomic E-state index is -0.365. The summed E-state index contributed by atoms with van der Waals surface area (Å²) in [7, 11) is 0. The van der Waals surface area contributed by atoms with Gasteiger partial charge < -0.3 is 9.64 Å². The molecule has 0 saturated heterocycles. The number of carbonyl (C=O) groups is 2. The SMILES string of the molecule is C=CCN(CC(=O)Nc1nc(-c2ccccc2)cn1-c1cccc(OCC)c1)C(=O)c1ccccc1C. The maximum absolute atomic E-state index is 13.2. The van der Waals surface area contributed by atoms with Gasteiger partial charge in [0.25, 0.3) is 5.91 Å². The summed E-state index contributed by atoms with van der Waals surface area (Å²) < 4.78 is 7.47. The van der Waals surface area contributed by atoms with E-state index in [1.807, 2.05) is 97.4 Å². The highest BCUT2D eigenvalue weighted by Crippen LogP contribution is 2.26. The highest BCUT2D eigenvalue weighted by molar-refractivity contribution is 6.00. The molecule has 0 bridgehead atoms. The maximum Gasteiger partial charge on any atom is 0.254 e. The number of aromatic nitrogens is 2. The van der Waals surface area contributed by atoms with Gasteiger partial charge in [0.15, 0.2) is 0 Å². The molecule has 4 aromatic rings. The molecule has 0 unspecified atom stereocenters. The molecule has 37 heavy (non-hydrogen) atoms. The molecular weight excluding hydrogens is 464 g/mol. The number of rotatable bonds is 10. The molecule has 188 valence electrons. The van der Waals surface area contributed by atoms with Gasteiger partial charge >= 0.3 is 0 Å². The number of carbonyl (C=O) groups excluding carboxylic acids is 2. The Kier molecular flexibility index (Phi) is 8.15. The van der Waals surface area contributed by atoms with Crippen LogP contribution in [0, 0.1) is 6.92 Å². The molecule has 0 saturated carbocycles. The lowest BCUT2D eigenvalue weighted by atomic mass is 10.1. The lowest BCUT2D eigenvalue weighted by Gasteiger charge is -2.21. The topological polar surface area (TPSA) is 76.5 Å². The third kappa shape index (κ3) is 6.13. The lowest BCUT2D eigenvalue weighted by molar-refractivity contribution is -0.116. The van der Waals surface area contributed by atoms with Gasteiger partial charge in [-0.1, -0.05) is 60.7 Å². The van der Waals surface area contributed by atoms with Gasteiger partial charge in [-0.15, -0.1) is 6.58 Å². The molecular formula is C30H30N4O3. The molecule has 0 aliphatic carbocycles. The van der Waals surface area contributed by atoms with Crippen LogP contribution in [0.1, 0.15) is 22.8 Å². The van der Waals surface area contributed by atoms with E-state index in [4.69, 9.17) is 9.72 Å². The van der Waals surface area contributed by atoms with Crippen LogP contribution in [-0.2, 0) is 4.79 Å². The van der Waals surface area contributed by atoms with Gasteiger partial charge in [-0.3, -0.25) is 19.5 Å². The van der Waals surface area contributed by atoms with E-state index in [1.54, 1.807) is 12.1 Å². The Bertz CT molecular complexity index is 1390. The van der Waals surface area contributed by atoms with Crippen LogP contribution in [0.4, 0.5) is 5.95 Å². The average Bonchev–Trinajstić information content (AvgIpc) is 3.33. The van der Waals surface area contributed by atoms with Crippen LogP contribution in [0.15, 0.2) is 97.7 Å². The summed E-state index contributed by atoms with van der Waals surface area (Å²) in [5.41, 5.74) is 3.81. The first kappa shape index (κ1) is 25.4. The molecule has 7 nitrogen and oxygen atoms in total. The van der Waals surface area contributed by atoms with Crippen LogP contribution in [0.5, 0.6) is 5.75 Å². The van der Waals surface area contributed by atoms with Crippen LogP contribution < -0.4 is 10.1 Å². The number of nitrogens with one attached hydrogen (secondary N) is 1. The minimum Gasteiger partial charge on any atom is -0.494 e. The predicted octanol–water partition coefficient (Wildman–Crippen LogP) is 5.51. The van der Waals surface area contributed by atoms with Crippen molar-refractivity contribution in [2.24, 2.45) is 0 Å². The Hall–Kier alpha value is -4.65. The molecule has 3 aromatic carbocycles. The normalized spacial score (nSPS) is 10.5. The summed E-state index contributed by atoms with van der Waals surface area (Å²) in [5, 5.41) is 2.90. The van der Waals surface area contributed by atoms with Crippen molar-refractivity contribution in [3.05, 3.63) is 109 Å². The largest absolute Gasteiger partial charge is 0.494 e. The molecule has 2 amide bonds. The Morgan fingerprint density at radius 3 is 2.54 bits per heavy atom. The second-order valence-electron chi connectivity index (χ2n) is 8.45. The van der Waals surface area contributed by atoms with Crippen molar-refractivity contribution in [2.45, 2.75) is 13.8 Å². The standard InChI is InChI=1S/C30H30N4O3/c1-4-18-33(29(36)26-17-10-9-12-22(26)3)21-28(35)32-30-31-27(23-13-7-6-8-14-23)20-34(30)24-15-11-16-25(19-24)37-5-2/h4,6-17,19-20H,1,5,18,21H2,2-3H3,(H,31,32,35). The zero-order valence-corrected chi connectivity index (χ0v) is 21.1. The number of ether oxygens (including phenoxy) is 1. The van der Waals surface area contributed by atoms with Crippen molar-refractivity contribution in [3.8, 4) is 22.7 Å². The molecule has 0 fully saturated rings. The van der Waals surface area contributed by atoms with E-state index >= 15 is 0 Å². The molecule has 0 spiro atoms. The molecule has 4 rings (SSSR count). The lowest BCUT2D eigenvalue weighted by Crippen LogP contribution is -2.38. The van der Waals surface area contributed by atoms with Gasteiger partial charge in [0.05, 0.1) is 18.0 Å². The molecule has 0 atom stereocenters. The van der Waals surface area contributed by atoms with E-state index in [0.29, 0.717) is 29.6 Å². The van der Waals surface area contributed by atoms with Gasteiger partial charge in [-0.25, -0.2) is 4.98 Å². The van der Waals surface area contributed by atoms with Gasteiger partial charge in [0, 0.05) is 29.9 Å². The summed E-state index contributed by atoms with van der Waals surface area (Å²) in [6, 6.07) is 24.6. The average molecular weight is 495 g/mol. The van der Waals surface area contributed by atoms with E-state index in [9.17, 15) is 9.59 Å². The highest BCUT2D eigenvalue weighted by Gasteiger charge is 2.21. The van der Waals surface area contributed by atoms with Crippen molar-refractivity contribution in [1.82, 2.24) is 14.5 Å². The summed E-state index contributed by atoms with van der Waals surface area (Å²) in [5.74, 6) is 0.467. The van der Waals surface area contributed by atoms with Gasteiger partial charge in [-0.2, -0.15) is 0 Å². The Balaban J connectivity index is 1.63. The molecule has 7 heteroatoms. The van der Waals surface area contributed by atoms with Gasteiger partial charge in [-0.05, 0) is 37.6 Å². The first-order chi connectivity index (χ1) is 18.0. The Labute approximate surface area is 217 Å². The second kappa shape index (κ2) is 11.9. The van der Waals surface area contributed by atoms with Crippen molar-refractivity contribution < 1.29 is 14.3 Å². The van der Waals surface area contributed by atoms with E-state index in [-0.39, 0.29) is 24.9 Å². The minimum absolute atomic E-state index is 0.147. The molecule has 1 aromatic heterocycles. The van der Waals surface area contributed by atoms with Gasteiger partial charge in [0.2, 0.25) is 11.9 Å². The predicted molar refractivity (Wildman–Crippen MR) is 146 cm³/mol. The second-order valence-corrected chi connectivity index (χ2v) is 8.45. The number of amides is 2. The number of anilines is 1. The van der Waals surface area contributed by atoms with Crippen LogP contribution in [0.3, 0.4) is 0 Å². The Morgan fingerprint density at radius 2 is 1.81 bits per heavy atom. The van der Waals surface area contributed by atoms with Crippen LogP contribution in [0.2, 0.25) is 0 Å². The summed E-state index contributed by atoms with van der Waals surface area (Å²) >= 11 is 0. The smallest absolute Gasteiger partial charge is 0.254 e. The number of benzene rings is 3. The Morgan fingerprint density at radius 1 is 1.05 bits per heavy atom. The zero-order chi connectivity index (χ0) is 26.2. The van der Waals surface area contributed by atoms with Crippen molar-refractivity contribution in [3.63, 3.8) is 0 Å². The molecule has 0 radical (unpaired) electrons. The van der Waals surface area contributed by atoms with E-state index in [2.05, 4.69) is 11.9 Å². The van der Waals surface area contributed by atoms with Crippen molar-refractivity contribution in [1.29, 1.82) is 0 Å². The molecule has 0 aliphatic heterocycles. The fourth-order valence-electron chi connectivity index (χ4n) is 4.00. The van der Waals surface area contributed by atoms with Gasteiger partial charge in [0.1, 0.15) is 12.3 Å². The van der Waals surface area contributed by atoms with Crippen LogP contribution in [-0.4, -0.2) is 46.0 Å². The molecule has 0 aliphatic rings. The summed E-state index contributed by atoms with van der Waals surface area (Å²) in [4.78, 5) is 32.6.